The van der Waals surface area contributed by atoms with Gasteiger partial charge in [0.25, 0.3) is 5.91 Å². The Labute approximate surface area is 200 Å². The van der Waals surface area contributed by atoms with Gasteiger partial charge in [0.2, 0.25) is 0 Å². The van der Waals surface area contributed by atoms with Gasteiger partial charge >= 0.3 is 18.6 Å². The first-order valence-electron chi connectivity index (χ1n) is 10.7. The number of hydrogen-bond donors (Lipinski definition) is 1. The number of amides is 1. The van der Waals surface area contributed by atoms with E-state index in [-0.39, 0.29) is 12.3 Å². The predicted molar refractivity (Wildman–Crippen MR) is 123 cm³/mol. The van der Waals surface area contributed by atoms with E-state index in [1.54, 1.807) is 60.7 Å². The van der Waals surface area contributed by atoms with Gasteiger partial charge in [-0.2, -0.15) is 8.78 Å². The van der Waals surface area contributed by atoms with Crippen molar-refractivity contribution in [3.63, 3.8) is 0 Å². The molecule has 0 unspecified atom stereocenters. The van der Waals surface area contributed by atoms with E-state index in [4.69, 9.17) is 9.47 Å². The van der Waals surface area contributed by atoms with Crippen LogP contribution in [0.5, 0.6) is 11.5 Å². The molecule has 0 radical (unpaired) electrons. The van der Waals surface area contributed by atoms with E-state index in [1.165, 1.54) is 19.1 Å². The zero-order valence-corrected chi connectivity index (χ0v) is 18.8. The van der Waals surface area contributed by atoms with Gasteiger partial charge in [0.15, 0.2) is 6.61 Å². The molecular weight excluding hydrogens is 460 g/mol. The van der Waals surface area contributed by atoms with Crippen molar-refractivity contribution < 1.29 is 37.4 Å². The first kappa shape index (κ1) is 25.4. The highest BCUT2D eigenvalue weighted by Gasteiger charge is 2.11. The van der Waals surface area contributed by atoms with Crippen LogP contribution in [0.25, 0.3) is 11.1 Å². The summed E-state index contributed by atoms with van der Waals surface area (Å²) in [6.45, 7) is -1.70. The standard InChI is InChI=1S/C26H23F2NO6/c1-17(30)34-22-12-8-20(9-13-22)19-4-6-21(7-5-19)25(32)33-16-24(31)29-15-14-18-2-10-23(11-3-18)35-26(27)28/h2-13,26H,14-16H2,1H3,(H,29,31). The summed E-state index contributed by atoms with van der Waals surface area (Å²) in [6.07, 6.45) is 0.470. The molecule has 3 rings (SSSR count). The summed E-state index contributed by atoms with van der Waals surface area (Å²) in [5.41, 5.74) is 2.84. The van der Waals surface area contributed by atoms with E-state index in [9.17, 15) is 23.2 Å². The van der Waals surface area contributed by atoms with E-state index in [0.717, 1.165) is 16.7 Å². The Morgan fingerprint density at radius 3 is 1.97 bits per heavy atom. The Morgan fingerprint density at radius 2 is 1.40 bits per heavy atom. The van der Waals surface area contributed by atoms with Crippen LogP contribution in [0.2, 0.25) is 0 Å². The average Bonchev–Trinajstić information content (AvgIpc) is 2.83. The van der Waals surface area contributed by atoms with Gasteiger partial charge in [-0.15, -0.1) is 0 Å². The maximum absolute atomic E-state index is 12.2. The average molecular weight is 483 g/mol. The molecule has 1 amide bonds. The van der Waals surface area contributed by atoms with Gasteiger partial charge in [-0.05, 0) is 59.5 Å². The van der Waals surface area contributed by atoms with Crippen LogP contribution < -0.4 is 14.8 Å². The molecule has 0 aromatic heterocycles. The van der Waals surface area contributed by atoms with Crippen LogP contribution >= 0.6 is 0 Å². The summed E-state index contributed by atoms with van der Waals surface area (Å²) in [7, 11) is 0. The highest BCUT2D eigenvalue weighted by molar-refractivity contribution is 5.91. The molecule has 0 heterocycles. The smallest absolute Gasteiger partial charge is 0.387 e. The number of ether oxygens (including phenoxy) is 3. The zero-order chi connectivity index (χ0) is 25.2. The number of nitrogens with one attached hydrogen (secondary N) is 1. The summed E-state index contributed by atoms with van der Waals surface area (Å²) in [5.74, 6) is -0.988. The lowest BCUT2D eigenvalue weighted by molar-refractivity contribution is -0.131. The molecule has 0 fully saturated rings. The summed E-state index contributed by atoms with van der Waals surface area (Å²) in [4.78, 5) is 35.2. The fourth-order valence-corrected chi connectivity index (χ4v) is 3.13. The SMILES string of the molecule is CC(=O)Oc1ccc(-c2ccc(C(=O)OCC(=O)NCCc3ccc(OC(F)F)cc3)cc2)cc1. The minimum atomic E-state index is -2.88. The van der Waals surface area contributed by atoms with Crippen molar-refractivity contribution in [1.29, 1.82) is 0 Å². The molecule has 0 atom stereocenters. The maximum Gasteiger partial charge on any atom is 0.387 e. The number of hydrogen-bond acceptors (Lipinski definition) is 6. The lowest BCUT2D eigenvalue weighted by atomic mass is 10.0. The molecule has 0 saturated carbocycles. The number of halogens is 2. The van der Waals surface area contributed by atoms with Crippen molar-refractivity contribution in [3.05, 3.63) is 83.9 Å². The second kappa shape index (κ2) is 12.3. The summed E-state index contributed by atoms with van der Waals surface area (Å²) in [6, 6.07) is 19.7. The molecule has 182 valence electrons. The summed E-state index contributed by atoms with van der Waals surface area (Å²) < 4.78 is 38.7. The number of rotatable bonds is 10. The van der Waals surface area contributed by atoms with Crippen LogP contribution in [0, 0.1) is 0 Å². The second-order valence-electron chi connectivity index (χ2n) is 7.39. The second-order valence-corrected chi connectivity index (χ2v) is 7.39. The lowest BCUT2D eigenvalue weighted by Gasteiger charge is -2.08. The van der Waals surface area contributed by atoms with E-state index >= 15 is 0 Å². The van der Waals surface area contributed by atoms with Gasteiger partial charge in [-0.1, -0.05) is 36.4 Å². The van der Waals surface area contributed by atoms with Gasteiger partial charge in [0, 0.05) is 13.5 Å². The summed E-state index contributed by atoms with van der Waals surface area (Å²) >= 11 is 0. The van der Waals surface area contributed by atoms with Crippen molar-refractivity contribution in [3.8, 4) is 22.6 Å². The van der Waals surface area contributed by atoms with Crippen LogP contribution in [0.4, 0.5) is 8.78 Å². The van der Waals surface area contributed by atoms with Crippen LogP contribution in [-0.4, -0.2) is 37.6 Å². The topological polar surface area (TPSA) is 90.9 Å². The monoisotopic (exact) mass is 483 g/mol. The quantitative estimate of drug-likeness (QED) is 0.340. The Hall–Kier alpha value is -4.27. The normalized spacial score (nSPS) is 10.5. The van der Waals surface area contributed by atoms with Crippen LogP contribution in [0.15, 0.2) is 72.8 Å². The highest BCUT2D eigenvalue weighted by Crippen LogP contribution is 2.23. The maximum atomic E-state index is 12.2. The number of carbonyl (C=O) groups excluding carboxylic acids is 3. The third-order valence-corrected chi connectivity index (χ3v) is 4.79. The van der Waals surface area contributed by atoms with Gasteiger partial charge in [-0.25, -0.2) is 4.79 Å². The minimum absolute atomic E-state index is 0.0601. The molecule has 0 aliphatic heterocycles. The first-order chi connectivity index (χ1) is 16.8. The largest absolute Gasteiger partial charge is 0.452 e. The molecule has 0 spiro atoms. The number of alkyl halides is 2. The molecule has 35 heavy (non-hydrogen) atoms. The van der Waals surface area contributed by atoms with Gasteiger partial charge < -0.3 is 19.5 Å². The third-order valence-electron chi connectivity index (χ3n) is 4.79. The molecule has 0 aliphatic carbocycles. The summed E-state index contributed by atoms with van der Waals surface area (Å²) in [5, 5.41) is 2.63. The zero-order valence-electron chi connectivity index (χ0n) is 18.8. The molecule has 1 N–H and O–H groups in total. The molecule has 0 aliphatic rings. The van der Waals surface area contributed by atoms with Crippen LogP contribution in [0.3, 0.4) is 0 Å². The van der Waals surface area contributed by atoms with Crippen LogP contribution in [-0.2, 0) is 20.7 Å². The predicted octanol–water partition coefficient (Wildman–Crippen LogP) is 4.40. The van der Waals surface area contributed by atoms with Gasteiger partial charge in [0.1, 0.15) is 11.5 Å². The molecule has 0 saturated heterocycles. The highest BCUT2D eigenvalue weighted by atomic mass is 19.3. The fourth-order valence-electron chi connectivity index (χ4n) is 3.13. The third kappa shape index (κ3) is 8.22. The van der Waals surface area contributed by atoms with Crippen LogP contribution in [0.1, 0.15) is 22.8 Å². The Morgan fingerprint density at radius 1 is 0.829 bits per heavy atom. The number of esters is 2. The van der Waals surface area contributed by atoms with E-state index in [1.807, 2.05) is 0 Å². The molecular formula is C26H23F2NO6. The molecule has 3 aromatic rings. The van der Waals surface area contributed by atoms with Crippen molar-refractivity contribution in [2.24, 2.45) is 0 Å². The van der Waals surface area contributed by atoms with Crippen molar-refractivity contribution >= 4 is 17.8 Å². The van der Waals surface area contributed by atoms with E-state index in [0.29, 0.717) is 17.7 Å². The fraction of sp³-hybridized carbons (Fsp3) is 0.192. The van der Waals surface area contributed by atoms with Crippen molar-refractivity contribution in [2.45, 2.75) is 20.0 Å². The minimum Gasteiger partial charge on any atom is -0.452 e. The lowest BCUT2D eigenvalue weighted by Crippen LogP contribution is -2.30. The Kier molecular flexibility index (Phi) is 8.89. The molecule has 7 nitrogen and oxygen atoms in total. The number of benzene rings is 3. The van der Waals surface area contributed by atoms with Crippen molar-refractivity contribution in [2.75, 3.05) is 13.2 Å². The Bertz CT molecular complexity index is 1150. The van der Waals surface area contributed by atoms with Gasteiger partial charge in [0.05, 0.1) is 5.56 Å². The molecule has 0 bridgehead atoms. The first-order valence-corrected chi connectivity index (χ1v) is 10.7. The van der Waals surface area contributed by atoms with E-state index in [2.05, 4.69) is 10.1 Å². The molecule has 9 heteroatoms. The van der Waals surface area contributed by atoms with E-state index < -0.39 is 31.1 Å². The number of carbonyl (C=O) groups is 3. The van der Waals surface area contributed by atoms with Crippen molar-refractivity contribution in [1.82, 2.24) is 5.32 Å². The Balaban J connectivity index is 1.41. The van der Waals surface area contributed by atoms with Gasteiger partial charge in [-0.3, -0.25) is 9.59 Å². The molecule has 3 aromatic carbocycles.